The van der Waals surface area contributed by atoms with E-state index >= 15 is 0 Å². The standard InChI is InChI=1S/C12H17ClO3/c1-7-5-8(16-4)11(15)9(10(7)13)12(2,3)6-14/h5,14-15H,6H2,1-4H3. The van der Waals surface area contributed by atoms with E-state index in [9.17, 15) is 10.2 Å². The minimum absolute atomic E-state index is 0.00264. The molecule has 1 aromatic rings. The highest BCUT2D eigenvalue weighted by Gasteiger charge is 2.29. The molecule has 0 atom stereocenters. The third kappa shape index (κ3) is 2.11. The lowest BCUT2D eigenvalue weighted by Crippen LogP contribution is -2.23. The number of ether oxygens (including phenoxy) is 1. The van der Waals surface area contributed by atoms with Gasteiger partial charge in [0.2, 0.25) is 0 Å². The number of aliphatic hydroxyl groups excluding tert-OH is 1. The summed E-state index contributed by atoms with van der Waals surface area (Å²) in [6, 6.07) is 1.68. The third-order valence-electron chi connectivity index (χ3n) is 2.68. The van der Waals surface area contributed by atoms with E-state index in [1.807, 2.05) is 20.8 Å². The molecular weight excluding hydrogens is 228 g/mol. The lowest BCUT2D eigenvalue weighted by atomic mass is 9.83. The number of methoxy groups -OCH3 is 1. The highest BCUT2D eigenvalue weighted by Crippen LogP contribution is 2.43. The first kappa shape index (κ1) is 13.1. The number of rotatable bonds is 3. The van der Waals surface area contributed by atoms with Gasteiger partial charge in [-0.15, -0.1) is 0 Å². The fraction of sp³-hybridized carbons (Fsp3) is 0.500. The van der Waals surface area contributed by atoms with E-state index in [-0.39, 0.29) is 12.4 Å². The van der Waals surface area contributed by atoms with Crippen molar-refractivity contribution in [3.63, 3.8) is 0 Å². The molecule has 4 heteroatoms. The van der Waals surface area contributed by atoms with Gasteiger partial charge in [-0.25, -0.2) is 0 Å². The molecule has 0 amide bonds. The van der Waals surface area contributed by atoms with E-state index in [1.165, 1.54) is 7.11 Å². The van der Waals surface area contributed by atoms with E-state index < -0.39 is 5.41 Å². The Bertz CT molecular complexity index is 400. The summed E-state index contributed by atoms with van der Waals surface area (Å²) in [4.78, 5) is 0. The first-order valence-corrected chi connectivity index (χ1v) is 5.40. The lowest BCUT2D eigenvalue weighted by Gasteiger charge is -2.26. The highest BCUT2D eigenvalue weighted by atomic mass is 35.5. The Morgan fingerprint density at radius 1 is 1.44 bits per heavy atom. The summed E-state index contributed by atoms with van der Waals surface area (Å²) in [5.41, 5.74) is 0.724. The predicted octanol–water partition coefficient (Wildman–Crippen LogP) is 2.63. The molecule has 1 rings (SSSR count). The molecule has 16 heavy (non-hydrogen) atoms. The number of phenolic OH excluding ortho intramolecular Hbond substituents is 1. The van der Waals surface area contributed by atoms with Crippen LogP contribution >= 0.6 is 11.6 Å². The van der Waals surface area contributed by atoms with Crippen LogP contribution in [0.2, 0.25) is 5.02 Å². The van der Waals surface area contributed by atoms with E-state index in [2.05, 4.69) is 0 Å². The van der Waals surface area contributed by atoms with Crippen LogP contribution in [0.1, 0.15) is 25.0 Å². The molecule has 0 aliphatic heterocycles. The first-order chi connectivity index (χ1) is 7.35. The van der Waals surface area contributed by atoms with Gasteiger partial charge in [0.15, 0.2) is 11.5 Å². The van der Waals surface area contributed by atoms with Gasteiger partial charge in [-0.2, -0.15) is 0 Å². The van der Waals surface area contributed by atoms with Crippen molar-refractivity contribution in [3.05, 3.63) is 22.2 Å². The Morgan fingerprint density at radius 3 is 2.44 bits per heavy atom. The highest BCUT2D eigenvalue weighted by molar-refractivity contribution is 6.32. The molecule has 90 valence electrons. The fourth-order valence-corrected chi connectivity index (χ4v) is 2.00. The van der Waals surface area contributed by atoms with Crippen LogP contribution < -0.4 is 4.74 Å². The minimum Gasteiger partial charge on any atom is -0.504 e. The molecular formula is C12H17ClO3. The SMILES string of the molecule is COc1cc(C)c(Cl)c(C(C)(C)CO)c1O. The summed E-state index contributed by atoms with van der Waals surface area (Å²) in [7, 11) is 1.48. The molecule has 0 bridgehead atoms. The van der Waals surface area contributed by atoms with Crippen molar-refractivity contribution in [2.45, 2.75) is 26.2 Å². The van der Waals surface area contributed by atoms with Crippen LogP contribution in [0.25, 0.3) is 0 Å². The number of hydrogen-bond acceptors (Lipinski definition) is 3. The average molecular weight is 245 g/mol. The van der Waals surface area contributed by atoms with E-state index in [4.69, 9.17) is 16.3 Å². The molecule has 0 aliphatic rings. The number of halogens is 1. The largest absolute Gasteiger partial charge is 0.504 e. The molecule has 2 N–H and O–H groups in total. The van der Waals surface area contributed by atoms with Crippen LogP contribution in [0.4, 0.5) is 0 Å². The molecule has 0 spiro atoms. The van der Waals surface area contributed by atoms with E-state index in [0.717, 1.165) is 5.56 Å². The molecule has 0 radical (unpaired) electrons. The average Bonchev–Trinajstić information content (AvgIpc) is 2.23. The molecule has 0 fully saturated rings. The molecule has 0 saturated heterocycles. The number of phenols is 1. The second-order valence-electron chi connectivity index (χ2n) is 4.48. The van der Waals surface area contributed by atoms with Crippen LogP contribution in [0.3, 0.4) is 0 Å². The van der Waals surface area contributed by atoms with Crippen molar-refractivity contribution in [2.24, 2.45) is 0 Å². The van der Waals surface area contributed by atoms with Crippen molar-refractivity contribution < 1.29 is 14.9 Å². The smallest absolute Gasteiger partial charge is 0.163 e. The maximum atomic E-state index is 10.0. The summed E-state index contributed by atoms with van der Waals surface area (Å²) in [6.07, 6.45) is 0. The zero-order valence-corrected chi connectivity index (χ0v) is 10.7. The molecule has 3 nitrogen and oxygen atoms in total. The lowest BCUT2D eigenvalue weighted by molar-refractivity contribution is 0.214. The number of benzene rings is 1. The first-order valence-electron chi connectivity index (χ1n) is 5.02. The van der Waals surface area contributed by atoms with Gasteiger partial charge in [-0.3, -0.25) is 0 Å². The van der Waals surface area contributed by atoms with Crippen LogP contribution in [0.15, 0.2) is 6.07 Å². The predicted molar refractivity (Wildman–Crippen MR) is 64.5 cm³/mol. The Hall–Kier alpha value is -0.930. The molecule has 0 aliphatic carbocycles. The molecule has 0 unspecified atom stereocenters. The van der Waals surface area contributed by atoms with Gasteiger partial charge in [0.1, 0.15) is 0 Å². The van der Waals surface area contributed by atoms with Crippen LogP contribution in [-0.2, 0) is 5.41 Å². The zero-order valence-electron chi connectivity index (χ0n) is 9.97. The van der Waals surface area contributed by atoms with Crippen molar-refractivity contribution in [3.8, 4) is 11.5 Å². The summed E-state index contributed by atoms with van der Waals surface area (Å²) in [5, 5.41) is 19.9. The molecule has 0 aromatic heterocycles. The van der Waals surface area contributed by atoms with Gasteiger partial charge in [-0.1, -0.05) is 25.4 Å². The Morgan fingerprint density at radius 2 is 2.00 bits per heavy atom. The molecule has 0 heterocycles. The van der Waals surface area contributed by atoms with E-state index in [0.29, 0.717) is 16.3 Å². The van der Waals surface area contributed by atoms with Crippen LogP contribution in [-0.4, -0.2) is 23.9 Å². The Labute approximate surface area is 101 Å². The van der Waals surface area contributed by atoms with Crippen molar-refractivity contribution >= 4 is 11.6 Å². The summed E-state index contributed by atoms with van der Waals surface area (Å²) < 4.78 is 5.07. The fourth-order valence-electron chi connectivity index (χ4n) is 1.60. The minimum atomic E-state index is -0.611. The van der Waals surface area contributed by atoms with Crippen LogP contribution in [0, 0.1) is 6.92 Å². The summed E-state index contributed by atoms with van der Waals surface area (Å²) >= 11 is 6.16. The second kappa shape index (κ2) is 4.52. The number of hydrogen-bond donors (Lipinski definition) is 2. The maximum Gasteiger partial charge on any atom is 0.163 e. The number of aryl methyl sites for hydroxylation is 1. The van der Waals surface area contributed by atoms with Gasteiger partial charge in [0.05, 0.1) is 18.7 Å². The van der Waals surface area contributed by atoms with Gasteiger partial charge in [0, 0.05) is 11.0 Å². The van der Waals surface area contributed by atoms with Gasteiger partial charge in [0.25, 0.3) is 0 Å². The Kier molecular flexibility index (Phi) is 3.71. The number of aliphatic hydroxyl groups is 1. The van der Waals surface area contributed by atoms with Gasteiger partial charge < -0.3 is 14.9 Å². The Balaban J connectivity index is 3.54. The van der Waals surface area contributed by atoms with Crippen molar-refractivity contribution in [1.29, 1.82) is 0 Å². The summed E-state index contributed by atoms with van der Waals surface area (Å²) in [5.74, 6) is 0.371. The van der Waals surface area contributed by atoms with Crippen LogP contribution in [0.5, 0.6) is 11.5 Å². The third-order valence-corrected chi connectivity index (χ3v) is 3.16. The maximum absolute atomic E-state index is 10.0. The van der Waals surface area contributed by atoms with Gasteiger partial charge in [-0.05, 0) is 18.6 Å². The molecule has 0 saturated carbocycles. The zero-order chi connectivity index (χ0) is 12.5. The number of aromatic hydroxyl groups is 1. The summed E-state index contributed by atoms with van der Waals surface area (Å²) in [6.45, 7) is 5.35. The second-order valence-corrected chi connectivity index (χ2v) is 4.85. The van der Waals surface area contributed by atoms with E-state index in [1.54, 1.807) is 6.07 Å². The normalized spacial score (nSPS) is 11.6. The quantitative estimate of drug-likeness (QED) is 0.860. The molecule has 1 aromatic carbocycles. The van der Waals surface area contributed by atoms with Crippen molar-refractivity contribution in [1.82, 2.24) is 0 Å². The topological polar surface area (TPSA) is 49.7 Å². The van der Waals surface area contributed by atoms with Gasteiger partial charge >= 0.3 is 0 Å². The monoisotopic (exact) mass is 244 g/mol. The van der Waals surface area contributed by atoms with Crippen molar-refractivity contribution in [2.75, 3.05) is 13.7 Å².